The van der Waals surface area contributed by atoms with E-state index < -0.39 is 0 Å². The Morgan fingerprint density at radius 1 is 0.692 bits per heavy atom. The van der Waals surface area contributed by atoms with Crippen LogP contribution in [-0.2, 0) is 28.5 Å². The largest absolute Gasteiger partial charge is 0.465 e. The highest BCUT2D eigenvalue weighted by atomic mass is 16.6. The lowest BCUT2D eigenvalue weighted by molar-refractivity contribution is -0.147. The fraction of sp³-hybridized carbons (Fsp3) is 0.900. The van der Waals surface area contributed by atoms with Crippen molar-refractivity contribution < 1.29 is 28.5 Å². The molecule has 2 aliphatic carbocycles. The number of hydrogen-bond acceptors (Lipinski definition) is 6. The molecule has 0 spiro atoms. The van der Waals surface area contributed by atoms with Crippen LogP contribution < -0.4 is 0 Å². The van der Waals surface area contributed by atoms with Crippen molar-refractivity contribution in [3.8, 4) is 0 Å². The van der Waals surface area contributed by atoms with Gasteiger partial charge in [-0.3, -0.25) is 9.59 Å². The molecule has 4 aliphatic rings. The molecule has 26 heavy (non-hydrogen) atoms. The third kappa shape index (κ3) is 5.19. The summed E-state index contributed by atoms with van der Waals surface area (Å²) in [6.45, 7) is 1.03. The molecular weight excluding hydrogens is 336 g/mol. The fourth-order valence-corrected chi connectivity index (χ4v) is 4.38. The molecule has 6 atom stereocenters. The van der Waals surface area contributed by atoms with Gasteiger partial charge >= 0.3 is 11.9 Å². The SMILES string of the molecule is O=C(CCCCC(=O)OCC1CCC2O[C@H]2C1)OCC1CCC2O[C@H]2C1. The molecule has 0 aromatic rings. The van der Waals surface area contributed by atoms with Gasteiger partial charge in [0, 0.05) is 12.8 Å². The van der Waals surface area contributed by atoms with E-state index in [4.69, 9.17) is 18.9 Å². The lowest BCUT2D eigenvalue weighted by atomic mass is 9.90. The molecule has 2 saturated heterocycles. The molecule has 0 bridgehead atoms. The van der Waals surface area contributed by atoms with Crippen LogP contribution in [0.25, 0.3) is 0 Å². The first-order valence-electron chi connectivity index (χ1n) is 10.3. The molecule has 2 aliphatic heterocycles. The summed E-state index contributed by atoms with van der Waals surface area (Å²) in [6, 6.07) is 0. The molecule has 6 nitrogen and oxygen atoms in total. The quantitative estimate of drug-likeness (QED) is 0.355. The van der Waals surface area contributed by atoms with Gasteiger partial charge in [0.2, 0.25) is 0 Å². The second kappa shape index (κ2) is 8.26. The number of carbonyl (C=O) groups excluding carboxylic acids is 2. The van der Waals surface area contributed by atoms with Crippen LogP contribution in [0.4, 0.5) is 0 Å². The van der Waals surface area contributed by atoms with Crippen molar-refractivity contribution in [2.24, 2.45) is 11.8 Å². The van der Waals surface area contributed by atoms with Gasteiger partial charge in [0.25, 0.3) is 0 Å². The zero-order chi connectivity index (χ0) is 17.9. The van der Waals surface area contributed by atoms with Crippen molar-refractivity contribution in [2.75, 3.05) is 13.2 Å². The summed E-state index contributed by atoms with van der Waals surface area (Å²) in [5, 5.41) is 0. The Hall–Kier alpha value is -1.14. The van der Waals surface area contributed by atoms with Crippen molar-refractivity contribution in [2.45, 2.75) is 88.6 Å². The summed E-state index contributed by atoms with van der Waals surface area (Å²) in [4.78, 5) is 23.6. The maximum Gasteiger partial charge on any atom is 0.305 e. The lowest BCUT2D eigenvalue weighted by Gasteiger charge is -2.18. The van der Waals surface area contributed by atoms with E-state index in [9.17, 15) is 9.59 Å². The fourth-order valence-electron chi connectivity index (χ4n) is 4.38. The second-order valence-corrected chi connectivity index (χ2v) is 8.36. The van der Waals surface area contributed by atoms with Gasteiger partial charge in [0.1, 0.15) is 0 Å². The molecule has 4 rings (SSSR count). The highest BCUT2D eigenvalue weighted by Gasteiger charge is 2.44. The standard InChI is InChI=1S/C20H30O6/c21-19(23-11-13-5-7-15-17(9-13)25-15)3-1-2-4-20(22)24-12-14-6-8-16-18(10-14)26-16/h13-18H,1-12H2/t13?,14?,15?,16?,17-,18-/m0/s1. The minimum absolute atomic E-state index is 0.154. The molecule has 0 radical (unpaired) electrons. The molecular formula is C20H30O6. The van der Waals surface area contributed by atoms with Gasteiger partial charge in [-0.05, 0) is 63.2 Å². The third-order valence-corrected chi connectivity index (χ3v) is 6.20. The van der Waals surface area contributed by atoms with Gasteiger partial charge in [-0.15, -0.1) is 0 Å². The summed E-state index contributed by atoms with van der Waals surface area (Å²) < 4.78 is 21.7. The summed E-state index contributed by atoms with van der Waals surface area (Å²) in [5.41, 5.74) is 0. The summed E-state index contributed by atoms with van der Waals surface area (Å²) in [7, 11) is 0. The molecule has 4 unspecified atom stereocenters. The van der Waals surface area contributed by atoms with E-state index >= 15 is 0 Å². The Morgan fingerprint density at radius 2 is 1.15 bits per heavy atom. The summed E-state index contributed by atoms with van der Waals surface area (Å²) >= 11 is 0. The van der Waals surface area contributed by atoms with E-state index in [1.54, 1.807) is 0 Å². The van der Waals surface area contributed by atoms with Crippen LogP contribution >= 0.6 is 0 Å². The number of rotatable bonds is 9. The van der Waals surface area contributed by atoms with Gasteiger partial charge in [0.15, 0.2) is 0 Å². The van der Waals surface area contributed by atoms with E-state index in [-0.39, 0.29) is 11.9 Å². The third-order valence-electron chi connectivity index (χ3n) is 6.20. The number of esters is 2. The van der Waals surface area contributed by atoms with E-state index in [0.29, 0.717) is 75.1 Å². The highest BCUT2D eigenvalue weighted by Crippen LogP contribution is 2.40. The predicted molar refractivity (Wildman–Crippen MR) is 92.4 cm³/mol. The van der Waals surface area contributed by atoms with Gasteiger partial charge < -0.3 is 18.9 Å². The van der Waals surface area contributed by atoms with E-state index in [1.807, 2.05) is 0 Å². The minimum Gasteiger partial charge on any atom is -0.465 e. The molecule has 0 amide bonds. The first-order chi connectivity index (χ1) is 12.7. The van der Waals surface area contributed by atoms with Crippen LogP contribution in [0.1, 0.15) is 64.2 Å². The summed E-state index contributed by atoms with van der Waals surface area (Å²) in [6.07, 6.45) is 10.4. The number of unbranched alkanes of at least 4 members (excludes halogenated alkanes) is 1. The van der Waals surface area contributed by atoms with Crippen molar-refractivity contribution in [1.82, 2.24) is 0 Å². The molecule has 0 aromatic heterocycles. The lowest BCUT2D eigenvalue weighted by Crippen LogP contribution is -2.20. The van der Waals surface area contributed by atoms with Gasteiger partial charge in [0.05, 0.1) is 37.6 Å². The van der Waals surface area contributed by atoms with Gasteiger partial charge in [-0.2, -0.15) is 0 Å². The predicted octanol–water partition coefficient (Wildman–Crippen LogP) is 2.77. The molecule has 146 valence electrons. The van der Waals surface area contributed by atoms with Crippen LogP contribution in [0, 0.1) is 11.8 Å². The van der Waals surface area contributed by atoms with Crippen LogP contribution in [0.2, 0.25) is 0 Å². The van der Waals surface area contributed by atoms with E-state index in [2.05, 4.69) is 0 Å². The van der Waals surface area contributed by atoms with Crippen molar-refractivity contribution in [1.29, 1.82) is 0 Å². The molecule has 2 heterocycles. The normalized spacial score (nSPS) is 37.2. The van der Waals surface area contributed by atoms with E-state index in [1.165, 1.54) is 0 Å². The maximum atomic E-state index is 11.8. The molecule has 0 N–H and O–H groups in total. The average molecular weight is 366 g/mol. The van der Waals surface area contributed by atoms with Gasteiger partial charge in [-0.1, -0.05) is 0 Å². The van der Waals surface area contributed by atoms with Crippen molar-refractivity contribution in [3.05, 3.63) is 0 Å². The monoisotopic (exact) mass is 366 g/mol. The van der Waals surface area contributed by atoms with Crippen LogP contribution in [0.15, 0.2) is 0 Å². The second-order valence-electron chi connectivity index (χ2n) is 8.36. The highest BCUT2D eigenvalue weighted by molar-refractivity contribution is 5.70. The summed E-state index contributed by atoms with van der Waals surface area (Å²) in [5.74, 6) is 0.597. The van der Waals surface area contributed by atoms with E-state index in [0.717, 1.165) is 38.5 Å². The Bertz CT molecular complexity index is 474. The molecule has 4 fully saturated rings. The Kier molecular flexibility index (Phi) is 5.79. The first kappa shape index (κ1) is 18.2. The van der Waals surface area contributed by atoms with Crippen LogP contribution in [0.5, 0.6) is 0 Å². The van der Waals surface area contributed by atoms with Crippen molar-refractivity contribution in [3.63, 3.8) is 0 Å². The topological polar surface area (TPSA) is 77.7 Å². The zero-order valence-corrected chi connectivity index (χ0v) is 15.4. The van der Waals surface area contributed by atoms with Crippen LogP contribution in [0.3, 0.4) is 0 Å². The van der Waals surface area contributed by atoms with Gasteiger partial charge in [-0.25, -0.2) is 0 Å². The Morgan fingerprint density at radius 3 is 1.58 bits per heavy atom. The molecule has 6 heteroatoms. The molecule has 2 saturated carbocycles. The number of epoxide rings is 2. The van der Waals surface area contributed by atoms with Crippen molar-refractivity contribution >= 4 is 11.9 Å². The minimum atomic E-state index is -0.154. The Labute approximate surface area is 154 Å². The number of carbonyl (C=O) groups is 2. The smallest absolute Gasteiger partial charge is 0.305 e. The first-order valence-corrected chi connectivity index (χ1v) is 10.3. The zero-order valence-electron chi connectivity index (χ0n) is 15.4. The number of ether oxygens (including phenoxy) is 4. The number of fused-ring (bicyclic) bond motifs is 2. The molecule has 0 aromatic carbocycles. The number of hydrogen-bond donors (Lipinski definition) is 0. The maximum absolute atomic E-state index is 11.8. The van der Waals surface area contributed by atoms with Crippen LogP contribution in [-0.4, -0.2) is 49.6 Å². The Balaban J connectivity index is 0.992. The average Bonchev–Trinajstić information content (AvgIpc) is 3.55.